The van der Waals surface area contributed by atoms with Gasteiger partial charge in [0.2, 0.25) is 5.54 Å². The fourth-order valence-electron chi connectivity index (χ4n) is 4.79. The fourth-order valence-corrected chi connectivity index (χ4v) is 4.79. The highest BCUT2D eigenvalue weighted by Gasteiger charge is 2.71. The molecule has 35 heavy (non-hydrogen) atoms. The Morgan fingerprint density at radius 3 is 2.23 bits per heavy atom. The smallest absolute Gasteiger partial charge is 0.326 e. The second-order valence-corrected chi connectivity index (χ2v) is 9.66. The van der Waals surface area contributed by atoms with E-state index in [2.05, 4.69) is 0 Å². The Morgan fingerprint density at radius 1 is 1.00 bits per heavy atom. The van der Waals surface area contributed by atoms with E-state index in [-0.39, 0.29) is 37.1 Å². The normalized spacial score (nSPS) is 21.8. The third kappa shape index (κ3) is 4.35. The molecule has 2 aliphatic rings. The molecular formula is C26H24F4N2O3. The van der Waals surface area contributed by atoms with Crippen LogP contribution in [0.4, 0.5) is 17.6 Å². The number of hydrogen-bond donors (Lipinski definition) is 1. The molecule has 2 aromatic carbocycles. The Hall–Kier alpha value is -3.49. The van der Waals surface area contributed by atoms with Gasteiger partial charge in [-0.25, -0.2) is 4.39 Å². The number of halogens is 4. The molecule has 1 N–H and O–H groups in total. The lowest BCUT2D eigenvalue weighted by Gasteiger charge is -2.35. The first-order valence-electron chi connectivity index (χ1n) is 11.1. The molecule has 0 radical (unpaired) electrons. The molecule has 0 saturated carbocycles. The number of ketones is 1. The summed E-state index contributed by atoms with van der Waals surface area (Å²) in [6.07, 6.45) is -5.16. The predicted molar refractivity (Wildman–Crippen MR) is 120 cm³/mol. The van der Waals surface area contributed by atoms with Crippen LogP contribution < -0.4 is 5.32 Å². The Kier molecular flexibility index (Phi) is 6.07. The van der Waals surface area contributed by atoms with Gasteiger partial charge >= 0.3 is 6.18 Å². The van der Waals surface area contributed by atoms with E-state index in [1.54, 1.807) is 44.2 Å². The van der Waals surface area contributed by atoms with E-state index in [0.717, 1.165) is 34.7 Å². The maximum Gasteiger partial charge on any atom is 0.425 e. The third-order valence-corrected chi connectivity index (χ3v) is 6.42. The lowest BCUT2D eigenvalue weighted by atomic mass is 9.72. The zero-order valence-electron chi connectivity index (χ0n) is 19.2. The first-order valence-corrected chi connectivity index (χ1v) is 11.1. The maximum absolute atomic E-state index is 14.8. The van der Waals surface area contributed by atoms with Crippen LogP contribution in [0.5, 0.6) is 0 Å². The third-order valence-electron chi connectivity index (χ3n) is 6.42. The van der Waals surface area contributed by atoms with Crippen LogP contribution in [0.2, 0.25) is 0 Å². The zero-order valence-corrected chi connectivity index (χ0v) is 19.2. The summed E-state index contributed by atoms with van der Waals surface area (Å²) in [7, 11) is 0. The number of nitrogens with zero attached hydrogens (tertiary/aromatic N) is 1. The van der Waals surface area contributed by atoms with Crippen molar-refractivity contribution in [3.05, 3.63) is 82.8 Å². The largest absolute Gasteiger partial charge is 0.425 e. The quantitative estimate of drug-likeness (QED) is 0.627. The van der Waals surface area contributed by atoms with Gasteiger partial charge in [-0.2, -0.15) is 13.2 Å². The Labute approximate surface area is 199 Å². The highest BCUT2D eigenvalue weighted by molar-refractivity contribution is 6.14. The van der Waals surface area contributed by atoms with Crippen LogP contribution in [0.25, 0.3) is 0 Å². The van der Waals surface area contributed by atoms with E-state index in [1.165, 1.54) is 0 Å². The van der Waals surface area contributed by atoms with Gasteiger partial charge in [0.05, 0.1) is 5.57 Å². The molecule has 4 rings (SSSR count). The maximum atomic E-state index is 14.8. The van der Waals surface area contributed by atoms with Crippen molar-refractivity contribution >= 4 is 17.6 Å². The summed E-state index contributed by atoms with van der Waals surface area (Å²) in [6, 6.07) is 12.8. The molecule has 9 heteroatoms. The highest BCUT2D eigenvalue weighted by atomic mass is 19.4. The number of alkyl halides is 3. The van der Waals surface area contributed by atoms with Crippen LogP contribution >= 0.6 is 0 Å². The van der Waals surface area contributed by atoms with E-state index in [9.17, 15) is 31.9 Å². The molecule has 0 fully saturated rings. The van der Waals surface area contributed by atoms with Crippen molar-refractivity contribution < 1.29 is 31.9 Å². The van der Waals surface area contributed by atoms with E-state index in [4.69, 9.17) is 0 Å². The Balaban J connectivity index is 1.80. The minimum absolute atomic E-state index is 0.0103. The van der Waals surface area contributed by atoms with E-state index >= 15 is 0 Å². The lowest BCUT2D eigenvalue weighted by molar-refractivity contribution is -0.190. The van der Waals surface area contributed by atoms with Crippen LogP contribution in [0.15, 0.2) is 65.9 Å². The molecule has 1 atom stereocenters. The van der Waals surface area contributed by atoms with Crippen LogP contribution in [-0.4, -0.2) is 40.8 Å². The van der Waals surface area contributed by atoms with Gasteiger partial charge in [-0.3, -0.25) is 14.4 Å². The molecular weight excluding hydrogens is 464 g/mol. The monoisotopic (exact) mass is 488 g/mol. The van der Waals surface area contributed by atoms with Gasteiger partial charge in [0.25, 0.3) is 11.8 Å². The van der Waals surface area contributed by atoms with Crippen LogP contribution in [-0.2, 0) is 16.0 Å². The summed E-state index contributed by atoms with van der Waals surface area (Å²) < 4.78 is 57.6. The number of amides is 2. The molecule has 1 heterocycles. The number of nitrogens with one attached hydrogen (secondary N) is 1. The summed E-state index contributed by atoms with van der Waals surface area (Å²) >= 11 is 0. The summed E-state index contributed by atoms with van der Waals surface area (Å²) in [6.45, 7) is 3.41. The van der Waals surface area contributed by atoms with Gasteiger partial charge in [-0.1, -0.05) is 44.2 Å². The number of carbonyl (C=O) groups excluding carboxylic acids is 3. The van der Waals surface area contributed by atoms with Gasteiger partial charge in [0.15, 0.2) is 5.78 Å². The fraction of sp³-hybridized carbons (Fsp3) is 0.346. The van der Waals surface area contributed by atoms with E-state index in [1.807, 2.05) is 5.32 Å². The summed E-state index contributed by atoms with van der Waals surface area (Å²) in [4.78, 5) is 40.6. The van der Waals surface area contributed by atoms with Crippen molar-refractivity contribution in [3.63, 3.8) is 0 Å². The summed E-state index contributed by atoms with van der Waals surface area (Å²) in [5.41, 5.74) is -4.37. The molecule has 0 saturated heterocycles. The van der Waals surface area contributed by atoms with E-state index < -0.39 is 46.1 Å². The topological polar surface area (TPSA) is 66.5 Å². The molecule has 0 aromatic heterocycles. The number of carbonyl (C=O) groups is 3. The second kappa shape index (κ2) is 8.62. The molecule has 5 nitrogen and oxygen atoms in total. The lowest BCUT2D eigenvalue weighted by Crippen LogP contribution is -2.66. The number of allylic oxidation sites excluding steroid dienone is 1. The first-order chi connectivity index (χ1) is 16.4. The van der Waals surface area contributed by atoms with Crippen molar-refractivity contribution in [1.82, 2.24) is 10.2 Å². The molecule has 1 aliphatic carbocycles. The van der Waals surface area contributed by atoms with Crippen molar-refractivity contribution in [2.75, 3.05) is 6.54 Å². The minimum atomic E-state index is -5.29. The van der Waals surface area contributed by atoms with Gasteiger partial charge in [-0.15, -0.1) is 0 Å². The number of hydrogen-bond acceptors (Lipinski definition) is 3. The van der Waals surface area contributed by atoms with Crippen LogP contribution in [0.3, 0.4) is 0 Å². The molecule has 0 spiro atoms. The molecule has 184 valence electrons. The SMILES string of the molecule is CC1(C)CC(=O)C2=C(C1)N(CCc1ccccc1)C(=O)[C@@]2(NC(=O)c1ccc(F)cc1)C(F)(F)F. The highest BCUT2D eigenvalue weighted by Crippen LogP contribution is 2.51. The molecule has 2 amide bonds. The van der Waals surface area contributed by atoms with Crippen molar-refractivity contribution in [3.8, 4) is 0 Å². The standard InChI is InChI=1S/C26H24F4N2O3/c1-24(2)14-19-21(20(33)15-24)25(26(28,29)30,31-22(34)17-8-10-18(27)11-9-17)23(35)32(19)13-12-16-6-4-3-5-7-16/h3-11H,12-15H2,1-2H3,(H,31,34)/t25-/m1/s1. The molecule has 2 aromatic rings. The molecule has 0 bridgehead atoms. The van der Waals surface area contributed by atoms with Gasteiger partial charge in [-0.05, 0) is 48.1 Å². The van der Waals surface area contributed by atoms with Gasteiger partial charge < -0.3 is 10.2 Å². The van der Waals surface area contributed by atoms with Crippen molar-refractivity contribution in [2.24, 2.45) is 5.41 Å². The number of benzene rings is 2. The van der Waals surface area contributed by atoms with Gasteiger partial charge in [0.1, 0.15) is 5.82 Å². The van der Waals surface area contributed by atoms with Crippen LogP contribution in [0, 0.1) is 11.2 Å². The molecule has 0 unspecified atom stereocenters. The Morgan fingerprint density at radius 2 is 1.63 bits per heavy atom. The Bertz CT molecular complexity index is 1200. The minimum Gasteiger partial charge on any atom is -0.326 e. The summed E-state index contributed by atoms with van der Waals surface area (Å²) in [5.74, 6) is -4.15. The predicted octanol–water partition coefficient (Wildman–Crippen LogP) is 4.58. The number of Topliss-reactive ketones (excluding diaryl/α,β-unsaturated/α-hetero) is 1. The van der Waals surface area contributed by atoms with Crippen LogP contribution in [0.1, 0.15) is 42.6 Å². The second-order valence-electron chi connectivity index (χ2n) is 9.66. The average molecular weight is 488 g/mol. The summed E-state index contributed by atoms with van der Waals surface area (Å²) in [5, 5.41) is 1.85. The molecule has 1 aliphatic heterocycles. The number of rotatable bonds is 5. The average Bonchev–Trinajstić information content (AvgIpc) is 3.00. The van der Waals surface area contributed by atoms with E-state index in [0.29, 0.717) is 0 Å². The zero-order chi connectivity index (χ0) is 25.6. The van der Waals surface area contributed by atoms with Crippen molar-refractivity contribution in [1.29, 1.82) is 0 Å². The van der Waals surface area contributed by atoms with Crippen molar-refractivity contribution in [2.45, 2.75) is 44.8 Å². The first kappa shape index (κ1) is 24.6. The van der Waals surface area contributed by atoms with Gasteiger partial charge in [0, 0.05) is 24.2 Å².